The Morgan fingerprint density at radius 1 is 1.32 bits per heavy atom. The summed E-state index contributed by atoms with van der Waals surface area (Å²) in [5.41, 5.74) is 0.645. The van der Waals surface area contributed by atoms with Gasteiger partial charge in [0, 0.05) is 0 Å². The fourth-order valence-corrected chi connectivity index (χ4v) is 1.76. The zero-order valence-corrected chi connectivity index (χ0v) is 11.4. The Kier molecular flexibility index (Phi) is 5.68. The van der Waals surface area contributed by atoms with Gasteiger partial charge in [0.15, 0.2) is 0 Å². The molecule has 0 bridgehead atoms. The Morgan fingerprint density at radius 3 is 2.53 bits per heavy atom. The van der Waals surface area contributed by atoms with Gasteiger partial charge in [0.25, 0.3) is 0 Å². The number of halogens is 2. The Bertz CT molecular complexity index is 537. The third-order valence-electron chi connectivity index (χ3n) is 2.30. The van der Waals surface area contributed by atoms with E-state index in [1.807, 2.05) is 0 Å². The van der Waals surface area contributed by atoms with E-state index in [0.29, 0.717) is 15.6 Å². The smallest absolute Gasteiger partial charge is 0.323 e. The monoisotopic (exact) mass is 299 g/mol. The fourth-order valence-electron chi connectivity index (χ4n) is 1.44. The van der Waals surface area contributed by atoms with Crippen LogP contribution in [0.5, 0.6) is 0 Å². The van der Waals surface area contributed by atoms with Gasteiger partial charge in [0.1, 0.15) is 6.54 Å². The largest absolute Gasteiger partial charge is 0.480 e. The Morgan fingerprint density at radius 2 is 2.00 bits per heavy atom. The van der Waals surface area contributed by atoms with Gasteiger partial charge in [-0.1, -0.05) is 35.2 Å². The number of terminal acetylenes is 1. The number of carbonyl (C=O) groups excluding carboxylic acids is 1. The first-order valence-corrected chi connectivity index (χ1v) is 6.06. The number of rotatable bonds is 5. The highest BCUT2D eigenvalue weighted by Gasteiger charge is 2.16. The van der Waals surface area contributed by atoms with E-state index in [4.69, 9.17) is 34.7 Å². The first-order valence-electron chi connectivity index (χ1n) is 5.31. The molecule has 0 aromatic heterocycles. The molecular formula is C13H11Cl2NO3. The summed E-state index contributed by atoms with van der Waals surface area (Å²) >= 11 is 11.6. The zero-order valence-electron chi connectivity index (χ0n) is 9.90. The summed E-state index contributed by atoms with van der Waals surface area (Å²) in [6, 6.07) is 4.80. The molecule has 0 aliphatic carbocycles. The molecule has 19 heavy (non-hydrogen) atoms. The van der Waals surface area contributed by atoms with Crippen molar-refractivity contribution in [2.45, 2.75) is 6.42 Å². The molecule has 0 radical (unpaired) electrons. The predicted molar refractivity (Wildman–Crippen MR) is 73.2 cm³/mol. The maximum absolute atomic E-state index is 11.9. The van der Waals surface area contributed by atoms with Crippen molar-refractivity contribution < 1.29 is 14.7 Å². The molecule has 1 rings (SSSR count). The highest BCUT2D eigenvalue weighted by atomic mass is 35.5. The topological polar surface area (TPSA) is 57.6 Å². The Hall–Kier alpha value is -1.70. The number of carbonyl (C=O) groups is 2. The van der Waals surface area contributed by atoms with Gasteiger partial charge in [-0.05, 0) is 17.7 Å². The average Bonchev–Trinajstić information content (AvgIpc) is 2.33. The predicted octanol–water partition coefficient (Wildman–Crippen LogP) is 2.08. The van der Waals surface area contributed by atoms with Crippen molar-refractivity contribution in [1.29, 1.82) is 0 Å². The highest BCUT2D eigenvalue weighted by molar-refractivity contribution is 6.42. The van der Waals surface area contributed by atoms with Crippen LogP contribution in [0.25, 0.3) is 0 Å². The van der Waals surface area contributed by atoms with Gasteiger partial charge in [-0.2, -0.15) is 0 Å². The molecule has 0 fully saturated rings. The van der Waals surface area contributed by atoms with Crippen molar-refractivity contribution in [2.75, 3.05) is 13.1 Å². The number of hydrogen-bond donors (Lipinski definition) is 1. The maximum atomic E-state index is 11.9. The number of amides is 1. The molecule has 0 aliphatic heterocycles. The number of aliphatic carboxylic acids is 1. The van der Waals surface area contributed by atoms with Gasteiger partial charge >= 0.3 is 5.97 Å². The van der Waals surface area contributed by atoms with Gasteiger partial charge in [-0.25, -0.2) is 0 Å². The summed E-state index contributed by atoms with van der Waals surface area (Å²) in [6.07, 6.45) is 5.12. The third-order valence-corrected chi connectivity index (χ3v) is 3.04. The van der Waals surface area contributed by atoms with Crippen molar-refractivity contribution in [1.82, 2.24) is 4.90 Å². The van der Waals surface area contributed by atoms with Gasteiger partial charge < -0.3 is 10.0 Å². The molecule has 6 heteroatoms. The van der Waals surface area contributed by atoms with E-state index in [1.54, 1.807) is 18.2 Å². The van der Waals surface area contributed by atoms with Crippen molar-refractivity contribution in [3.8, 4) is 12.3 Å². The number of benzene rings is 1. The van der Waals surface area contributed by atoms with E-state index in [1.165, 1.54) is 0 Å². The molecule has 1 N–H and O–H groups in total. The Labute approximate surface area is 120 Å². The second-order valence-corrected chi connectivity index (χ2v) is 4.59. The van der Waals surface area contributed by atoms with E-state index in [9.17, 15) is 9.59 Å². The standard InChI is InChI=1S/C13H11Cl2NO3/c1-2-5-16(8-13(18)19)12(17)7-9-3-4-10(14)11(15)6-9/h1,3-4,6H,5,7-8H2,(H,18,19). The van der Waals surface area contributed by atoms with Crippen LogP contribution in [-0.2, 0) is 16.0 Å². The van der Waals surface area contributed by atoms with Crippen LogP contribution in [0.3, 0.4) is 0 Å². The zero-order chi connectivity index (χ0) is 14.4. The van der Waals surface area contributed by atoms with Crippen molar-refractivity contribution >= 4 is 35.1 Å². The lowest BCUT2D eigenvalue weighted by atomic mass is 10.1. The quantitative estimate of drug-likeness (QED) is 0.847. The fraction of sp³-hybridized carbons (Fsp3) is 0.231. The normalized spacial score (nSPS) is 9.74. The van der Waals surface area contributed by atoms with E-state index >= 15 is 0 Å². The molecule has 0 heterocycles. The Balaban J connectivity index is 2.78. The van der Waals surface area contributed by atoms with Crippen LogP contribution in [0.2, 0.25) is 10.0 Å². The maximum Gasteiger partial charge on any atom is 0.323 e. The molecule has 1 amide bonds. The SMILES string of the molecule is C#CCN(CC(=O)O)C(=O)Cc1ccc(Cl)c(Cl)c1. The number of carboxylic acid groups (broad SMARTS) is 1. The first-order chi connectivity index (χ1) is 8.93. The lowest BCUT2D eigenvalue weighted by molar-refractivity contribution is -0.143. The summed E-state index contributed by atoms with van der Waals surface area (Å²) in [6.45, 7) is -0.475. The molecule has 1 aromatic rings. The van der Waals surface area contributed by atoms with E-state index in [-0.39, 0.29) is 18.9 Å². The van der Waals surface area contributed by atoms with Gasteiger partial charge in [0.2, 0.25) is 5.91 Å². The number of hydrogen-bond acceptors (Lipinski definition) is 2. The van der Waals surface area contributed by atoms with Crippen LogP contribution in [0.15, 0.2) is 18.2 Å². The van der Waals surface area contributed by atoms with Crippen LogP contribution in [0.1, 0.15) is 5.56 Å². The minimum atomic E-state index is -1.11. The van der Waals surface area contributed by atoms with E-state index in [0.717, 1.165) is 4.90 Å². The van der Waals surface area contributed by atoms with Gasteiger partial charge in [0.05, 0.1) is 23.0 Å². The minimum absolute atomic E-state index is 0.0197. The molecule has 0 spiro atoms. The summed E-state index contributed by atoms with van der Waals surface area (Å²) in [5, 5.41) is 9.44. The van der Waals surface area contributed by atoms with Crippen molar-refractivity contribution in [3.63, 3.8) is 0 Å². The molecule has 0 saturated carbocycles. The van der Waals surface area contributed by atoms with Gasteiger partial charge in [-0.3, -0.25) is 9.59 Å². The van der Waals surface area contributed by atoms with Crippen LogP contribution >= 0.6 is 23.2 Å². The van der Waals surface area contributed by atoms with Crippen LogP contribution in [-0.4, -0.2) is 35.0 Å². The highest BCUT2D eigenvalue weighted by Crippen LogP contribution is 2.22. The van der Waals surface area contributed by atoms with Crippen LogP contribution in [0, 0.1) is 12.3 Å². The van der Waals surface area contributed by atoms with Crippen molar-refractivity contribution in [2.24, 2.45) is 0 Å². The molecule has 0 unspecified atom stereocenters. The molecule has 1 aromatic carbocycles. The average molecular weight is 300 g/mol. The molecule has 100 valence electrons. The van der Waals surface area contributed by atoms with Crippen LogP contribution < -0.4 is 0 Å². The van der Waals surface area contributed by atoms with Gasteiger partial charge in [-0.15, -0.1) is 6.42 Å². The molecule has 0 atom stereocenters. The van der Waals surface area contributed by atoms with E-state index < -0.39 is 12.5 Å². The first kappa shape index (κ1) is 15.4. The van der Waals surface area contributed by atoms with Crippen LogP contribution in [0.4, 0.5) is 0 Å². The summed E-state index contributed by atoms with van der Waals surface area (Å²) in [7, 11) is 0. The number of carboxylic acids is 1. The molecule has 0 saturated heterocycles. The molecule has 0 aliphatic rings. The van der Waals surface area contributed by atoms with Crippen molar-refractivity contribution in [3.05, 3.63) is 33.8 Å². The third kappa shape index (κ3) is 4.82. The minimum Gasteiger partial charge on any atom is -0.480 e. The number of nitrogens with zero attached hydrogens (tertiary/aromatic N) is 1. The molecular weight excluding hydrogens is 289 g/mol. The molecule has 4 nitrogen and oxygen atoms in total. The summed E-state index contributed by atoms with van der Waals surface area (Å²) in [5.74, 6) is 0.766. The van der Waals surface area contributed by atoms with E-state index in [2.05, 4.69) is 5.92 Å². The lowest BCUT2D eigenvalue weighted by Gasteiger charge is -2.17. The second-order valence-electron chi connectivity index (χ2n) is 3.77. The second kappa shape index (κ2) is 7.03. The summed E-state index contributed by atoms with van der Waals surface area (Å²) < 4.78 is 0. The lowest BCUT2D eigenvalue weighted by Crippen LogP contribution is -2.36. The summed E-state index contributed by atoms with van der Waals surface area (Å²) in [4.78, 5) is 23.7.